The van der Waals surface area contributed by atoms with Crippen molar-refractivity contribution in [3.05, 3.63) is 16.6 Å². The predicted molar refractivity (Wildman–Crippen MR) is 48.7 cm³/mol. The van der Waals surface area contributed by atoms with E-state index in [0.717, 1.165) is 0 Å². The number of nitrogens with two attached hydrogens (primary N) is 1. The number of primary amides is 1. The smallest absolute Gasteiger partial charge is 0.268 e. The van der Waals surface area contributed by atoms with Gasteiger partial charge in [-0.3, -0.25) is 4.79 Å². The van der Waals surface area contributed by atoms with Crippen LogP contribution >= 0.6 is 11.3 Å². The highest BCUT2D eigenvalue weighted by Crippen LogP contribution is 1.97. The predicted octanol–water partition coefficient (Wildman–Crippen LogP) is 1.90. The zero-order valence-electron chi connectivity index (χ0n) is 6.70. The van der Waals surface area contributed by atoms with E-state index in [4.69, 9.17) is 5.73 Å². The summed E-state index contributed by atoms with van der Waals surface area (Å²) in [6, 6.07) is 0. The molecule has 0 radical (unpaired) electrons. The van der Waals surface area contributed by atoms with Crippen LogP contribution in [0.25, 0.3) is 0 Å². The van der Waals surface area contributed by atoms with Crippen molar-refractivity contribution in [3.8, 4) is 0 Å². The van der Waals surface area contributed by atoms with Gasteiger partial charge in [0.1, 0.15) is 5.69 Å². The van der Waals surface area contributed by atoms with Gasteiger partial charge in [-0.2, -0.15) is 0 Å². The average Bonchev–Trinajstić information content (AvgIpc) is 2.38. The van der Waals surface area contributed by atoms with E-state index >= 15 is 0 Å². The largest absolute Gasteiger partial charge is 0.364 e. The number of hydrogen-bond acceptors (Lipinski definition) is 3. The van der Waals surface area contributed by atoms with Crippen LogP contribution in [0.15, 0.2) is 10.9 Å². The van der Waals surface area contributed by atoms with Crippen molar-refractivity contribution in [3.63, 3.8) is 0 Å². The molecule has 1 aromatic heterocycles. The minimum absolute atomic E-state index is 0. The summed E-state index contributed by atoms with van der Waals surface area (Å²) >= 11 is 1.36. The molecule has 0 unspecified atom stereocenters. The summed E-state index contributed by atoms with van der Waals surface area (Å²) in [5, 5.41) is 1.61. The zero-order valence-corrected chi connectivity index (χ0v) is 7.52. The third kappa shape index (κ3) is 4.50. The van der Waals surface area contributed by atoms with Crippen LogP contribution in [-0.4, -0.2) is 10.9 Å². The van der Waals surface area contributed by atoms with Gasteiger partial charge < -0.3 is 5.73 Å². The summed E-state index contributed by atoms with van der Waals surface area (Å²) in [7, 11) is 0. The molecule has 4 heteroatoms. The molecule has 0 aliphatic heterocycles. The van der Waals surface area contributed by atoms with Crippen LogP contribution in [0.2, 0.25) is 0 Å². The van der Waals surface area contributed by atoms with Crippen LogP contribution in [0, 0.1) is 0 Å². The Morgan fingerprint density at radius 1 is 1.82 bits per heavy atom. The number of thiazole rings is 1. The second-order valence-corrected chi connectivity index (χ2v) is 2.66. The fourth-order valence-corrected chi connectivity index (χ4v) is 0.875. The van der Waals surface area contributed by atoms with E-state index in [2.05, 4.69) is 18.8 Å². The first-order valence-electron chi connectivity index (χ1n) is 3.40. The Morgan fingerprint density at radius 3 is 2.55 bits per heavy atom. The quantitative estimate of drug-likeness (QED) is 0.707. The molecule has 0 aliphatic rings. The monoisotopic (exact) mass is 174 g/mol. The third-order valence-electron chi connectivity index (χ3n) is 0.685. The minimum Gasteiger partial charge on any atom is -0.364 e. The fourth-order valence-electron chi connectivity index (χ4n) is 0.334. The van der Waals surface area contributed by atoms with Crippen LogP contribution in [0.5, 0.6) is 0 Å². The summed E-state index contributed by atoms with van der Waals surface area (Å²) in [6.45, 7) is 4.25. The lowest BCUT2D eigenvalue weighted by molar-refractivity contribution is 0.0996. The topological polar surface area (TPSA) is 56.0 Å². The maximum Gasteiger partial charge on any atom is 0.268 e. The first-order valence-corrected chi connectivity index (χ1v) is 4.34. The molecule has 1 amide bonds. The van der Waals surface area contributed by atoms with E-state index in [0.29, 0.717) is 5.69 Å². The Kier molecular flexibility index (Phi) is 5.37. The van der Waals surface area contributed by atoms with Crippen molar-refractivity contribution in [2.45, 2.75) is 20.3 Å². The van der Waals surface area contributed by atoms with Crippen LogP contribution < -0.4 is 5.73 Å². The number of carbonyl (C=O) groups excluding carboxylic acids is 1. The number of aromatic nitrogens is 1. The first kappa shape index (κ1) is 10.1. The number of rotatable bonds is 1. The lowest BCUT2D eigenvalue weighted by atomic mass is 10.5. The van der Waals surface area contributed by atoms with Crippen molar-refractivity contribution in [2.75, 3.05) is 0 Å². The van der Waals surface area contributed by atoms with Gasteiger partial charge >= 0.3 is 0 Å². The summed E-state index contributed by atoms with van der Waals surface area (Å²) < 4.78 is 0. The van der Waals surface area contributed by atoms with Gasteiger partial charge in [0.2, 0.25) is 0 Å². The van der Waals surface area contributed by atoms with Crippen molar-refractivity contribution >= 4 is 17.2 Å². The van der Waals surface area contributed by atoms with Crippen LogP contribution in [0.3, 0.4) is 0 Å². The number of amides is 1. The van der Waals surface area contributed by atoms with Crippen molar-refractivity contribution in [2.24, 2.45) is 5.73 Å². The highest BCUT2D eigenvalue weighted by Gasteiger charge is 1.98. The van der Waals surface area contributed by atoms with Gasteiger partial charge in [0.05, 0.1) is 5.51 Å². The summed E-state index contributed by atoms with van der Waals surface area (Å²) in [6.07, 6.45) is 1.25. The molecule has 0 fully saturated rings. The Morgan fingerprint density at radius 2 is 2.36 bits per heavy atom. The maximum absolute atomic E-state index is 10.2. The van der Waals surface area contributed by atoms with E-state index in [1.54, 1.807) is 10.9 Å². The molecule has 1 aromatic rings. The van der Waals surface area contributed by atoms with Gasteiger partial charge in [-0.1, -0.05) is 20.3 Å². The summed E-state index contributed by atoms with van der Waals surface area (Å²) in [5.74, 6) is -0.466. The van der Waals surface area contributed by atoms with E-state index < -0.39 is 5.91 Å². The van der Waals surface area contributed by atoms with Crippen LogP contribution in [0.1, 0.15) is 32.2 Å². The van der Waals surface area contributed by atoms with E-state index in [-0.39, 0.29) is 1.43 Å². The van der Waals surface area contributed by atoms with Crippen LogP contribution in [-0.2, 0) is 0 Å². The Hall–Kier alpha value is -0.900. The van der Waals surface area contributed by atoms with E-state index in [9.17, 15) is 4.79 Å². The maximum atomic E-state index is 10.2. The Labute approximate surface area is 71.7 Å². The van der Waals surface area contributed by atoms with Gasteiger partial charge in [-0.15, -0.1) is 11.3 Å². The molecule has 0 spiro atoms. The molecule has 11 heavy (non-hydrogen) atoms. The molecular formula is C7H14N2OS. The molecule has 1 heterocycles. The molecule has 0 saturated carbocycles. The second kappa shape index (κ2) is 5.85. The molecule has 1 rings (SSSR count). The Bertz CT molecular complexity index is 201. The fraction of sp³-hybridized carbons (Fsp3) is 0.429. The molecule has 0 bridgehead atoms. The summed E-state index contributed by atoms with van der Waals surface area (Å²) in [5.41, 5.74) is 6.78. The lowest BCUT2D eigenvalue weighted by Gasteiger charge is -1.79. The standard InChI is InChI=1S/C4H4N2OS.C3H8.H2/c5-4(7)3-1-8-2-6-3;1-3-2;/h1-2H,(H2,5,7);3H2,1-2H3;1H. The number of hydrogen-bond donors (Lipinski definition) is 1. The van der Waals surface area contributed by atoms with E-state index in [1.807, 2.05) is 0 Å². The number of carbonyl (C=O) groups is 1. The van der Waals surface area contributed by atoms with E-state index in [1.165, 1.54) is 17.8 Å². The third-order valence-corrected chi connectivity index (χ3v) is 1.27. The van der Waals surface area contributed by atoms with Crippen molar-refractivity contribution < 1.29 is 6.22 Å². The SMILES string of the molecule is CCC.NC(=O)c1cscn1.[HH]. The van der Waals surface area contributed by atoms with Crippen molar-refractivity contribution in [1.29, 1.82) is 0 Å². The molecule has 3 nitrogen and oxygen atoms in total. The molecule has 0 saturated heterocycles. The molecule has 64 valence electrons. The molecule has 0 aromatic carbocycles. The van der Waals surface area contributed by atoms with Gasteiger partial charge in [-0.05, 0) is 0 Å². The first-order chi connectivity index (χ1) is 5.22. The Balaban J connectivity index is 0. The van der Waals surface area contributed by atoms with Crippen molar-refractivity contribution in [1.82, 2.24) is 4.98 Å². The molecule has 0 aliphatic carbocycles. The van der Waals surface area contributed by atoms with Crippen LogP contribution in [0.4, 0.5) is 0 Å². The van der Waals surface area contributed by atoms with Gasteiger partial charge in [0.25, 0.3) is 5.91 Å². The zero-order chi connectivity index (χ0) is 8.69. The van der Waals surface area contributed by atoms with Gasteiger partial charge in [-0.25, -0.2) is 4.98 Å². The highest BCUT2D eigenvalue weighted by molar-refractivity contribution is 7.07. The lowest BCUT2D eigenvalue weighted by Crippen LogP contribution is -2.10. The average molecular weight is 174 g/mol. The minimum atomic E-state index is -0.466. The summed E-state index contributed by atoms with van der Waals surface area (Å²) in [4.78, 5) is 13.9. The normalized spacial score (nSPS) is 8.18. The van der Waals surface area contributed by atoms with Gasteiger partial charge in [0, 0.05) is 6.81 Å². The molecule has 2 N–H and O–H groups in total. The highest BCUT2D eigenvalue weighted by atomic mass is 32.1. The molecular weight excluding hydrogens is 160 g/mol. The van der Waals surface area contributed by atoms with Gasteiger partial charge in [0.15, 0.2) is 0 Å². The second-order valence-electron chi connectivity index (χ2n) is 1.95. The molecule has 0 atom stereocenters. The number of nitrogens with zero attached hydrogens (tertiary/aromatic N) is 1.